The first kappa shape index (κ1) is 21.9. The van der Waals surface area contributed by atoms with E-state index in [0.717, 1.165) is 0 Å². The third kappa shape index (κ3) is 4.74. The van der Waals surface area contributed by atoms with Crippen LogP contribution in [-0.4, -0.2) is 76.3 Å². The van der Waals surface area contributed by atoms with E-state index in [1.807, 2.05) is 4.84 Å². The molecular formula is C13H21ClF2N2O7. The van der Waals surface area contributed by atoms with Gasteiger partial charge in [-0.25, -0.2) is 14.0 Å². The van der Waals surface area contributed by atoms with Crippen molar-refractivity contribution in [2.45, 2.75) is 62.2 Å². The molecule has 0 bridgehead atoms. The van der Waals surface area contributed by atoms with E-state index in [1.54, 1.807) is 6.92 Å². The van der Waals surface area contributed by atoms with Crippen LogP contribution >= 0.6 is 11.8 Å². The second-order valence-corrected chi connectivity index (χ2v) is 5.86. The first-order valence-corrected chi connectivity index (χ1v) is 7.85. The van der Waals surface area contributed by atoms with Crippen LogP contribution in [0.1, 0.15) is 19.8 Å². The summed E-state index contributed by atoms with van der Waals surface area (Å²) >= 11 is 5.29. The fourth-order valence-electron chi connectivity index (χ4n) is 2.34. The number of carboxylic acids is 1. The minimum absolute atomic E-state index is 0.0800. The lowest BCUT2D eigenvalue weighted by Gasteiger charge is -2.45. The van der Waals surface area contributed by atoms with Crippen molar-refractivity contribution in [3.63, 3.8) is 0 Å². The third-order valence-corrected chi connectivity index (χ3v) is 4.04. The van der Waals surface area contributed by atoms with Gasteiger partial charge in [0.2, 0.25) is 0 Å². The molecule has 5 unspecified atom stereocenters. The molecule has 146 valence electrons. The zero-order chi connectivity index (χ0) is 19.4. The number of rotatable bonds is 8. The third-order valence-electron chi connectivity index (χ3n) is 3.79. The predicted molar refractivity (Wildman–Crippen MR) is 79.9 cm³/mol. The van der Waals surface area contributed by atoms with Gasteiger partial charge >= 0.3 is 17.8 Å². The predicted octanol–water partition coefficient (Wildman–Crippen LogP) is -1.02. The minimum atomic E-state index is -3.84. The van der Waals surface area contributed by atoms with Crippen molar-refractivity contribution in [2.24, 2.45) is 5.73 Å². The Morgan fingerprint density at radius 1 is 1.48 bits per heavy atom. The molecule has 0 radical (unpaired) electrons. The molecule has 7 atom stereocenters. The van der Waals surface area contributed by atoms with Crippen molar-refractivity contribution in [3.8, 4) is 0 Å². The number of alkyl halides is 2. The molecule has 0 aromatic heterocycles. The smallest absolute Gasteiger partial charge is 0.372 e. The Morgan fingerprint density at radius 2 is 2.08 bits per heavy atom. The molecule has 12 heteroatoms. The fraction of sp³-hybridized carbons (Fsp3) is 0.846. The summed E-state index contributed by atoms with van der Waals surface area (Å²) in [5.74, 6) is -6.77. The minimum Gasteiger partial charge on any atom is -0.477 e. The van der Waals surface area contributed by atoms with E-state index >= 15 is 0 Å². The van der Waals surface area contributed by atoms with Gasteiger partial charge in [0, 0.05) is 6.42 Å². The molecule has 0 aromatic carbocycles. The fourth-order valence-corrected chi connectivity index (χ4v) is 2.59. The summed E-state index contributed by atoms with van der Waals surface area (Å²) in [5.41, 5.74) is 5.64. The second-order valence-electron chi connectivity index (χ2n) is 5.64. The maximum atomic E-state index is 14.4. The molecule has 0 saturated carbocycles. The van der Waals surface area contributed by atoms with Gasteiger partial charge in [-0.15, -0.1) is 0 Å². The van der Waals surface area contributed by atoms with Crippen molar-refractivity contribution in [1.82, 2.24) is 4.84 Å². The van der Waals surface area contributed by atoms with E-state index in [-0.39, 0.29) is 6.42 Å². The van der Waals surface area contributed by atoms with Gasteiger partial charge in [0.15, 0.2) is 6.17 Å². The number of carbonyl (C=O) groups is 2. The molecule has 1 fully saturated rings. The van der Waals surface area contributed by atoms with Crippen molar-refractivity contribution < 1.29 is 43.2 Å². The van der Waals surface area contributed by atoms with E-state index in [4.69, 9.17) is 27.4 Å². The van der Waals surface area contributed by atoms with E-state index in [2.05, 4.69) is 4.74 Å². The Morgan fingerprint density at radius 3 is 2.56 bits per heavy atom. The highest BCUT2D eigenvalue weighted by molar-refractivity contribution is 6.13. The zero-order valence-electron chi connectivity index (χ0n) is 13.3. The van der Waals surface area contributed by atoms with Crippen LogP contribution in [-0.2, 0) is 19.1 Å². The Labute approximate surface area is 147 Å². The largest absolute Gasteiger partial charge is 0.477 e. The highest BCUT2D eigenvalue weighted by Crippen LogP contribution is 2.35. The summed E-state index contributed by atoms with van der Waals surface area (Å²) in [6.45, 7) is 1.05. The lowest BCUT2D eigenvalue weighted by Crippen LogP contribution is -2.72. The number of carbonyl (C=O) groups excluding carboxylic acids is 1. The molecule has 0 amide bonds. The van der Waals surface area contributed by atoms with Gasteiger partial charge in [-0.2, -0.15) is 4.39 Å². The molecule has 1 aliphatic rings. The number of carboxylic acid groups (broad SMARTS) is 1. The van der Waals surface area contributed by atoms with Crippen LogP contribution in [0.25, 0.3) is 0 Å². The van der Waals surface area contributed by atoms with Gasteiger partial charge < -0.3 is 30.5 Å². The first-order valence-electron chi connectivity index (χ1n) is 7.47. The van der Waals surface area contributed by atoms with Crippen molar-refractivity contribution in [1.29, 1.82) is 0 Å². The molecule has 1 aliphatic heterocycles. The molecule has 25 heavy (non-hydrogen) atoms. The average molecular weight is 391 g/mol. The second kappa shape index (κ2) is 9.01. The molecule has 9 nitrogen and oxygen atoms in total. The normalized spacial score (nSPS) is 35.0. The van der Waals surface area contributed by atoms with Gasteiger partial charge in [-0.05, 0) is 18.2 Å². The SMILES string of the molecule is CCCC(=O)OC[C@@H](O)[C@@H](O)C1OC(F)(C(=O)O)C(F)C(NCl)C1N. The molecule has 0 aliphatic carbocycles. The number of halogens is 3. The van der Waals surface area contributed by atoms with Crippen LogP contribution in [0.4, 0.5) is 8.78 Å². The number of esters is 1. The number of aliphatic hydroxyl groups excluding tert-OH is 2. The summed E-state index contributed by atoms with van der Waals surface area (Å²) in [7, 11) is 0. The molecule has 1 rings (SSSR count). The van der Waals surface area contributed by atoms with Gasteiger partial charge in [0.05, 0.1) is 12.1 Å². The molecule has 6 N–H and O–H groups in total. The standard InChI is InChI=1S/C13H21ClF2N2O7/c1-2-3-6(20)24-4-5(19)9(21)10-7(17)8(18-14)11(15)13(16,25-10)12(22)23/h5,7-11,18-19,21H,2-4,17H2,1H3,(H,22,23)/t5-,7?,8?,9-,10?,11?,13?/m1/s1. The highest BCUT2D eigenvalue weighted by atomic mass is 35.5. The van der Waals surface area contributed by atoms with E-state index in [0.29, 0.717) is 6.42 Å². The van der Waals surface area contributed by atoms with E-state index in [9.17, 15) is 28.6 Å². The Kier molecular flexibility index (Phi) is 7.90. The summed E-state index contributed by atoms with van der Waals surface area (Å²) in [6.07, 6.45) is -7.79. The first-order chi connectivity index (χ1) is 11.6. The summed E-state index contributed by atoms with van der Waals surface area (Å²) in [6, 6.07) is -3.24. The number of hydrogen-bond acceptors (Lipinski definition) is 8. The van der Waals surface area contributed by atoms with Gasteiger partial charge in [0.1, 0.15) is 24.9 Å². The maximum absolute atomic E-state index is 14.4. The topological polar surface area (TPSA) is 151 Å². The van der Waals surface area contributed by atoms with Crippen molar-refractivity contribution in [2.75, 3.05) is 6.61 Å². The van der Waals surface area contributed by atoms with Gasteiger partial charge in [-0.3, -0.25) is 4.79 Å². The van der Waals surface area contributed by atoms with Gasteiger partial charge in [0.25, 0.3) is 0 Å². The quantitative estimate of drug-likeness (QED) is 0.259. The lowest BCUT2D eigenvalue weighted by molar-refractivity contribution is -0.275. The van der Waals surface area contributed by atoms with Gasteiger partial charge in [-0.1, -0.05) is 6.92 Å². The molecule has 1 heterocycles. The number of ether oxygens (including phenoxy) is 2. The lowest BCUT2D eigenvalue weighted by atomic mass is 9.87. The summed E-state index contributed by atoms with van der Waals surface area (Å²) in [4.78, 5) is 24.1. The van der Waals surface area contributed by atoms with E-state index in [1.165, 1.54) is 0 Å². The van der Waals surface area contributed by atoms with Crippen LogP contribution in [0.3, 0.4) is 0 Å². The maximum Gasteiger partial charge on any atom is 0.372 e. The average Bonchev–Trinajstić information content (AvgIpc) is 2.56. The Balaban J connectivity index is 2.89. The zero-order valence-corrected chi connectivity index (χ0v) is 14.0. The van der Waals surface area contributed by atoms with Crippen LogP contribution in [0.2, 0.25) is 0 Å². The highest BCUT2D eigenvalue weighted by Gasteiger charge is 2.62. The summed E-state index contributed by atoms with van der Waals surface area (Å²) in [5, 5.41) is 28.8. The van der Waals surface area contributed by atoms with Crippen LogP contribution in [0.5, 0.6) is 0 Å². The van der Waals surface area contributed by atoms with Crippen LogP contribution < -0.4 is 10.6 Å². The molecule has 0 aromatic rings. The number of nitrogens with one attached hydrogen (secondary N) is 1. The summed E-state index contributed by atoms with van der Waals surface area (Å²) < 4.78 is 37.6. The monoisotopic (exact) mass is 390 g/mol. The van der Waals surface area contributed by atoms with Crippen LogP contribution in [0.15, 0.2) is 0 Å². The Hall–Kier alpha value is -1.11. The van der Waals surface area contributed by atoms with Crippen LogP contribution in [0, 0.1) is 0 Å². The number of nitrogens with two attached hydrogens (primary N) is 1. The molecule has 1 saturated heterocycles. The van der Waals surface area contributed by atoms with E-state index < -0.39 is 61.0 Å². The number of aliphatic carboxylic acids is 1. The molecular weight excluding hydrogens is 370 g/mol. The van der Waals surface area contributed by atoms with Crippen molar-refractivity contribution >= 4 is 23.7 Å². The Bertz CT molecular complexity index is 489. The molecule has 0 spiro atoms. The number of hydrogen-bond donors (Lipinski definition) is 5. The van der Waals surface area contributed by atoms with Crippen molar-refractivity contribution in [3.05, 3.63) is 0 Å². The number of aliphatic hydroxyl groups is 2.